The van der Waals surface area contributed by atoms with Gasteiger partial charge in [-0.1, -0.05) is 23.2 Å². The molecule has 0 aromatic heterocycles. The van der Waals surface area contributed by atoms with E-state index in [0.717, 1.165) is 18.8 Å². The summed E-state index contributed by atoms with van der Waals surface area (Å²) in [7, 11) is 0. The third-order valence-corrected chi connectivity index (χ3v) is 3.49. The number of carboxylic acid groups (broad SMARTS) is 1. The zero-order valence-corrected chi connectivity index (χ0v) is 10.7. The number of hydrogen-bond donors (Lipinski definition) is 1. The Morgan fingerprint density at radius 2 is 1.71 bits per heavy atom. The quantitative estimate of drug-likeness (QED) is 0.899. The molecule has 0 atom stereocenters. The van der Waals surface area contributed by atoms with E-state index in [1.807, 2.05) is 12.1 Å². The Morgan fingerprint density at radius 1 is 1.18 bits per heavy atom. The minimum Gasteiger partial charge on any atom is -0.481 e. The van der Waals surface area contributed by atoms with Crippen molar-refractivity contribution in [3.05, 3.63) is 28.2 Å². The molecule has 3 nitrogen and oxygen atoms in total. The minimum absolute atomic E-state index is 0.221. The number of aliphatic carboxylic acids is 1. The van der Waals surface area contributed by atoms with E-state index in [0.29, 0.717) is 22.9 Å². The fourth-order valence-electron chi connectivity index (χ4n) is 2.11. The summed E-state index contributed by atoms with van der Waals surface area (Å²) in [5.41, 5.74) is 0.964. The van der Waals surface area contributed by atoms with Crippen molar-refractivity contribution in [2.75, 3.05) is 18.0 Å². The molecular formula is C12H13Cl2NO2. The lowest BCUT2D eigenvalue weighted by Gasteiger charge is -2.32. The van der Waals surface area contributed by atoms with Crippen molar-refractivity contribution in [3.8, 4) is 0 Å². The van der Waals surface area contributed by atoms with Crippen LogP contribution in [0.3, 0.4) is 0 Å². The van der Waals surface area contributed by atoms with E-state index in [1.165, 1.54) is 0 Å². The van der Waals surface area contributed by atoms with E-state index in [9.17, 15) is 4.79 Å². The predicted molar refractivity (Wildman–Crippen MR) is 69.0 cm³/mol. The van der Waals surface area contributed by atoms with E-state index in [4.69, 9.17) is 28.3 Å². The van der Waals surface area contributed by atoms with Crippen molar-refractivity contribution in [1.82, 2.24) is 0 Å². The number of rotatable bonds is 2. The molecule has 0 radical (unpaired) electrons. The zero-order valence-electron chi connectivity index (χ0n) is 9.20. The van der Waals surface area contributed by atoms with Crippen LogP contribution in [0.4, 0.5) is 5.69 Å². The van der Waals surface area contributed by atoms with Gasteiger partial charge in [0.1, 0.15) is 0 Å². The van der Waals surface area contributed by atoms with E-state index in [2.05, 4.69) is 4.90 Å². The number of piperidine rings is 1. The van der Waals surface area contributed by atoms with E-state index in [1.54, 1.807) is 6.07 Å². The maximum Gasteiger partial charge on any atom is 0.306 e. The normalized spacial score (nSPS) is 17.2. The van der Waals surface area contributed by atoms with Gasteiger partial charge in [-0.15, -0.1) is 0 Å². The molecular weight excluding hydrogens is 261 g/mol. The Balaban J connectivity index is 2.07. The number of hydrogen-bond acceptors (Lipinski definition) is 2. The Hall–Kier alpha value is -0.930. The van der Waals surface area contributed by atoms with Gasteiger partial charge in [-0.3, -0.25) is 4.79 Å². The minimum atomic E-state index is -0.700. The number of carbonyl (C=O) groups is 1. The number of halogens is 2. The number of carboxylic acids is 1. The third-order valence-electron chi connectivity index (χ3n) is 3.06. The van der Waals surface area contributed by atoms with Crippen LogP contribution in [0.15, 0.2) is 18.2 Å². The lowest BCUT2D eigenvalue weighted by Crippen LogP contribution is -2.36. The Bertz CT molecular complexity index is 408. The summed E-state index contributed by atoms with van der Waals surface area (Å²) in [6.45, 7) is 1.46. The van der Waals surface area contributed by atoms with Crippen LogP contribution in [0, 0.1) is 5.92 Å². The molecule has 1 aromatic carbocycles. The van der Waals surface area contributed by atoms with Crippen LogP contribution in [-0.2, 0) is 4.79 Å². The summed E-state index contributed by atoms with van der Waals surface area (Å²) in [6, 6.07) is 5.40. The fourth-order valence-corrected chi connectivity index (χ4v) is 2.62. The highest BCUT2D eigenvalue weighted by Gasteiger charge is 2.24. The summed E-state index contributed by atoms with van der Waals surface area (Å²) in [5, 5.41) is 10.1. The highest BCUT2D eigenvalue weighted by molar-refractivity contribution is 6.35. The lowest BCUT2D eigenvalue weighted by molar-refractivity contribution is -0.142. The molecule has 17 heavy (non-hydrogen) atoms. The summed E-state index contributed by atoms with van der Waals surface area (Å²) in [6.07, 6.45) is 1.33. The standard InChI is InChI=1S/C12H13Cl2NO2/c13-9-5-10(14)7-11(6-9)15-3-1-8(2-4-15)12(16)17/h5-8H,1-4H2,(H,16,17). The van der Waals surface area contributed by atoms with Crippen molar-refractivity contribution in [2.45, 2.75) is 12.8 Å². The van der Waals surface area contributed by atoms with Crippen LogP contribution >= 0.6 is 23.2 Å². The molecule has 92 valence electrons. The number of benzene rings is 1. The van der Waals surface area contributed by atoms with Crippen LogP contribution in [-0.4, -0.2) is 24.2 Å². The van der Waals surface area contributed by atoms with Gasteiger partial charge in [0.15, 0.2) is 0 Å². The average molecular weight is 274 g/mol. The number of nitrogens with zero attached hydrogens (tertiary/aromatic N) is 1. The second kappa shape index (κ2) is 5.15. The molecule has 0 unspecified atom stereocenters. The van der Waals surface area contributed by atoms with Gasteiger partial charge in [0.2, 0.25) is 0 Å². The molecule has 0 bridgehead atoms. The zero-order chi connectivity index (χ0) is 12.4. The van der Waals surface area contributed by atoms with Crippen LogP contribution < -0.4 is 4.90 Å². The van der Waals surface area contributed by atoms with Gasteiger partial charge in [-0.2, -0.15) is 0 Å². The predicted octanol–water partition coefficient (Wildman–Crippen LogP) is 3.29. The summed E-state index contributed by atoms with van der Waals surface area (Å²) >= 11 is 11.9. The molecule has 1 saturated heterocycles. The van der Waals surface area contributed by atoms with Gasteiger partial charge in [0.05, 0.1) is 5.92 Å². The smallest absolute Gasteiger partial charge is 0.306 e. The molecule has 0 saturated carbocycles. The molecule has 1 aliphatic heterocycles. The van der Waals surface area contributed by atoms with Crippen LogP contribution in [0.2, 0.25) is 10.0 Å². The lowest BCUT2D eigenvalue weighted by atomic mass is 9.97. The van der Waals surface area contributed by atoms with E-state index >= 15 is 0 Å². The maximum atomic E-state index is 10.8. The molecule has 0 spiro atoms. The topological polar surface area (TPSA) is 40.5 Å². The number of anilines is 1. The second-order valence-corrected chi connectivity index (χ2v) is 5.10. The van der Waals surface area contributed by atoms with E-state index in [-0.39, 0.29) is 5.92 Å². The second-order valence-electron chi connectivity index (χ2n) is 4.23. The van der Waals surface area contributed by atoms with Gasteiger partial charge >= 0.3 is 5.97 Å². The van der Waals surface area contributed by atoms with Crippen molar-refractivity contribution in [1.29, 1.82) is 0 Å². The molecule has 1 aliphatic rings. The van der Waals surface area contributed by atoms with E-state index < -0.39 is 5.97 Å². The van der Waals surface area contributed by atoms with Crippen molar-refractivity contribution >= 4 is 34.9 Å². The Kier molecular flexibility index (Phi) is 3.79. The first-order chi connectivity index (χ1) is 8.06. The first kappa shape index (κ1) is 12.5. The maximum absolute atomic E-state index is 10.8. The van der Waals surface area contributed by atoms with Gasteiger partial charge in [0, 0.05) is 28.8 Å². The van der Waals surface area contributed by atoms with Crippen LogP contribution in [0.25, 0.3) is 0 Å². The highest BCUT2D eigenvalue weighted by Crippen LogP contribution is 2.28. The summed E-state index contributed by atoms with van der Waals surface area (Å²) in [5.74, 6) is -0.922. The molecule has 1 N–H and O–H groups in total. The van der Waals surface area contributed by atoms with Crippen molar-refractivity contribution < 1.29 is 9.90 Å². The third kappa shape index (κ3) is 3.05. The first-order valence-corrected chi connectivity index (χ1v) is 6.25. The molecule has 1 fully saturated rings. The fraction of sp³-hybridized carbons (Fsp3) is 0.417. The first-order valence-electron chi connectivity index (χ1n) is 5.50. The monoisotopic (exact) mass is 273 g/mol. The molecule has 5 heteroatoms. The van der Waals surface area contributed by atoms with Crippen LogP contribution in [0.1, 0.15) is 12.8 Å². The molecule has 0 amide bonds. The van der Waals surface area contributed by atoms with Crippen molar-refractivity contribution in [3.63, 3.8) is 0 Å². The Labute approximate surface area is 110 Å². The van der Waals surface area contributed by atoms with Gasteiger partial charge in [-0.05, 0) is 31.0 Å². The molecule has 0 aliphatic carbocycles. The Morgan fingerprint density at radius 3 is 2.18 bits per heavy atom. The summed E-state index contributed by atoms with van der Waals surface area (Å²) < 4.78 is 0. The van der Waals surface area contributed by atoms with Gasteiger partial charge < -0.3 is 10.0 Å². The SMILES string of the molecule is O=C(O)C1CCN(c2cc(Cl)cc(Cl)c2)CC1. The highest BCUT2D eigenvalue weighted by atomic mass is 35.5. The van der Waals surface area contributed by atoms with Crippen LogP contribution in [0.5, 0.6) is 0 Å². The van der Waals surface area contributed by atoms with Gasteiger partial charge in [0.25, 0.3) is 0 Å². The summed E-state index contributed by atoms with van der Waals surface area (Å²) in [4.78, 5) is 13.0. The molecule has 1 heterocycles. The van der Waals surface area contributed by atoms with Crippen molar-refractivity contribution in [2.24, 2.45) is 5.92 Å². The molecule has 2 rings (SSSR count). The average Bonchev–Trinajstić information content (AvgIpc) is 2.28. The molecule has 1 aromatic rings. The van der Waals surface area contributed by atoms with Gasteiger partial charge in [-0.25, -0.2) is 0 Å². The largest absolute Gasteiger partial charge is 0.481 e.